The van der Waals surface area contributed by atoms with Crippen molar-refractivity contribution >= 4 is 0 Å². The van der Waals surface area contributed by atoms with E-state index in [2.05, 4.69) is 40.3 Å². The van der Waals surface area contributed by atoms with Crippen LogP contribution in [0.3, 0.4) is 0 Å². The minimum atomic E-state index is -0.00581. The molecule has 0 aromatic rings. The lowest BCUT2D eigenvalue weighted by atomic mass is 10.1. The lowest BCUT2D eigenvalue weighted by molar-refractivity contribution is -0.0740. The number of rotatable bonds is 5. The molecule has 1 fully saturated rings. The molecule has 1 heteroatoms. The predicted octanol–water partition coefficient (Wildman–Crippen LogP) is 3.79. The summed E-state index contributed by atoms with van der Waals surface area (Å²) < 4.78 is 6.09. The highest BCUT2D eigenvalue weighted by Crippen LogP contribution is 2.45. The van der Waals surface area contributed by atoms with E-state index in [1.54, 1.807) is 0 Å². The molecule has 0 aliphatic heterocycles. The van der Waals surface area contributed by atoms with Gasteiger partial charge in [-0.25, -0.2) is 0 Å². The van der Waals surface area contributed by atoms with Crippen LogP contribution in [0, 0.1) is 11.8 Å². The summed E-state index contributed by atoms with van der Waals surface area (Å²) in [5.41, 5.74) is -0.00581. The van der Waals surface area contributed by atoms with Crippen molar-refractivity contribution in [2.45, 2.75) is 58.7 Å². The highest BCUT2D eigenvalue weighted by Gasteiger charge is 2.42. The van der Waals surface area contributed by atoms with E-state index in [4.69, 9.17) is 4.74 Å². The van der Waals surface area contributed by atoms with Gasteiger partial charge in [-0.3, -0.25) is 0 Å². The van der Waals surface area contributed by atoms with Crippen LogP contribution in [-0.2, 0) is 4.74 Å². The van der Waals surface area contributed by atoms with Crippen LogP contribution in [0.5, 0.6) is 0 Å². The van der Waals surface area contributed by atoms with Gasteiger partial charge in [-0.2, -0.15) is 0 Å². The third-order valence-electron chi connectivity index (χ3n) is 2.75. The molecule has 82 valence electrons. The van der Waals surface area contributed by atoms with E-state index in [1.807, 2.05) is 0 Å². The van der Waals surface area contributed by atoms with E-state index < -0.39 is 0 Å². The molecule has 0 aromatic heterocycles. The van der Waals surface area contributed by atoms with Gasteiger partial charge >= 0.3 is 0 Å². The Labute approximate surface area is 88.5 Å². The van der Waals surface area contributed by atoms with Crippen molar-refractivity contribution in [2.75, 3.05) is 0 Å². The average Bonchev–Trinajstić information content (AvgIpc) is 2.79. The molecule has 0 unspecified atom stereocenters. The summed E-state index contributed by atoms with van der Waals surface area (Å²) >= 11 is 0. The van der Waals surface area contributed by atoms with Crippen molar-refractivity contribution in [1.82, 2.24) is 0 Å². The zero-order chi connectivity index (χ0) is 10.8. The normalized spacial score (nSPS) is 28.6. The van der Waals surface area contributed by atoms with Crippen LogP contribution in [0.25, 0.3) is 0 Å². The molecule has 0 bridgehead atoms. The number of hydrogen-bond donors (Lipinski definition) is 0. The monoisotopic (exact) mass is 196 g/mol. The Bertz CT molecular complexity index is 190. The molecule has 3 atom stereocenters. The first-order chi connectivity index (χ1) is 6.48. The quantitative estimate of drug-likeness (QED) is 0.608. The summed E-state index contributed by atoms with van der Waals surface area (Å²) in [6.07, 6.45) is 6.21. The van der Waals surface area contributed by atoms with Crippen molar-refractivity contribution < 1.29 is 4.74 Å². The van der Waals surface area contributed by atoms with Gasteiger partial charge in [0.25, 0.3) is 0 Å². The summed E-state index contributed by atoms with van der Waals surface area (Å²) in [6.45, 7) is 12.5. The molecule has 0 spiro atoms. The van der Waals surface area contributed by atoms with Crippen LogP contribution in [0.2, 0.25) is 0 Å². The summed E-state index contributed by atoms with van der Waals surface area (Å²) in [5.74, 6) is 1.46. The molecular formula is C13H24O. The van der Waals surface area contributed by atoms with E-state index in [0.717, 1.165) is 5.92 Å². The fourth-order valence-corrected chi connectivity index (χ4v) is 2.03. The van der Waals surface area contributed by atoms with Gasteiger partial charge in [-0.05, 0) is 45.4 Å². The van der Waals surface area contributed by atoms with E-state index in [9.17, 15) is 0 Å². The Kier molecular flexibility index (Phi) is 3.77. The van der Waals surface area contributed by atoms with Crippen molar-refractivity contribution in [1.29, 1.82) is 0 Å². The molecule has 0 N–H and O–H groups in total. The fraction of sp³-hybridized carbons (Fsp3) is 0.846. The molecule has 1 aliphatic rings. The van der Waals surface area contributed by atoms with Crippen LogP contribution >= 0.6 is 0 Å². The molecule has 14 heavy (non-hydrogen) atoms. The smallest absolute Gasteiger partial charge is 0.0616 e. The Morgan fingerprint density at radius 1 is 1.50 bits per heavy atom. The highest BCUT2D eigenvalue weighted by atomic mass is 16.5. The van der Waals surface area contributed by atoms with Crippen LogP contribution in [-0.4, -0.2) is 11.7 Å². The largest absolute Gasteiger partial charge is 0.372 e. The summed E-state index contributed by atoms with van der Waals surface area (Å²) in [4.78, 5) is 0. The maximum Gasteiger partial charge on any atom is 0.0616 e. The second-order valence-electron chi connectivity index (χ2n) is 5.36. The minimum absolute atomic E-state index is 0.00581. The molecule has 0 saturated heterocycles. The average molecular weight is 196 g/mol. The molecule has 0 aromatic carbocycles. The molecule has 1 aliphatic carbocycles. The number of hydrogen-bond acceptors (Lipinski definition) is 1. The standard InChI is InChI=1S/C13H24O/c1-6-8-12(14-13(3,4)5)11-9-10(11)7-2/h7,10-12H,2,6,8-9H2,1,3-5H3/t10-,11-,12-/m0/s1. The van der Waals surface area contributed by atoms with Gasteiger partial charge in [0, 0.05) is 0 Å². The lowest BCUT2D eigenvalue weighted by Crippen LogP contribution is -2.29. The van der Waals surface area contributed by atoms with Crippen molar-refractivity contribution in [3.63, 3.8) is 0 Å². The van der Waals surface area contributed by atoms with Gasteiger partial charge in [-0.1, -0.05) is 19.4 Å². The Balaban J connectivity index is 2.44. The lowest BCUT2D eigenvalue weighted by Gasteiger charge is -2.27. The minimum Gasteiger partial charge on any atom is -0.372 e. The second kappa shape index (κ2) is 4.48. The molecule has 0 heterocycles. The Morgan fingerprint density at radius 2 is 2.14 bits per heavy atom. The van der Waals surface area contributed by atoms with E-state index >= 15 is 0 Å². The fourth-order valence-electron chi connectivity index (χ4n) is 2.03. The highest BCUT2D eigenvalue weighted by molar-refractivity contribution is 5.01. The molecule has 1 nitrogen and oxygen atoms in total. The number of ether oxygens (including phenoxy) is 1. The summed E-state index contributed by atoms with van der Waals surface area (Å²) in [7, 11) is 0. The van der Waals surface area contributed by atoms with Crippen LogP contribution in [0.1, 0.15) is 47.0 Å². The topological polar surface area (TPSA) is 9.23 Å². The summed E-state index contributed by atoms with van der Waals surface area (Å²) in [6, 6.07) is 0. The molecule has 1 rings (SSSR count). The SMILES string of the molecule is C=C[C@H]1C[C@@H]1[C@H](CCC)OC(C)(C)C. The van der Waals surface area contributed by atoms with Crippen LogP contribution in [0.4, 0.5) is 0 Å². The van der Waals surface area contributed by atoms with Gasteiger partial charge in [0.05, 0.1) is 11.7 Å². The molecule has 0 amide bonds. The molecule has 0 radical (unpaired) electrons. The zero-order valence-corrected chi connectivity index (χ0v) is 10.0. The van der Waals surface area contributed by atoms with Gasteiger partial charge in [-0.15, -0.1) is 6.58 Å². The second-order valence-corrected chi connectivity index (χ2v) is 5.36. The van der Waals surface area contributed by atoms with Crippen molar-refractivity contribution in [3.8, 4) is 0 Å². The Morgan fingerprint density at radius 3 is 2.50 bits per heavy atom. The summed E-state index contributed by atoms with van der Waals surface area (Å²) in [5, 5.41) is 0. The molecule has 1 saturated carbocycles. The van der Waals surface area contributed by atoms with Crippen LogP contribution in [0.15, 0.2) is 12.7 Å². The van der Waals surface area contributed by atoms with Crippen molar-refractivity contribution in [3.05, 3.63) is 12.7 Å². The van der Waals surface area contributed by atoms with Gasteiger partial charge in [0.1, 0.15) is 0 Å². The number of allylic oxidation sites excluding steroid dienone is 1. The van der Waals surface area contributed by atoms with E-state index in [-0.39, 0.29) is 5.60 Å². The first-order valence-corrected chi connectivity index (χ1v) is 5.78. The van der Waals surface area contributed by atoms with Gasteiger partial charge in [0.15, 0.2) is 0 Å². The third-order valence-corrected chi connectivity index (χ3v) is 2.75. The van der Waals surface area contributed by atoms with Gasteiger partial charge in [0.2, 0.25) is 0 Å². The predicted molar refractivity (Wildman–Crippen MR) is 61.3 cm³/mol. The molecular weight excluding hydrogens is 172 g/mol. The first kappa shape index (κ1) is 11.8. The maximum atomic E-state index is 6.09. The first-order valence-electron chi connectivity index (χ1n) is 5.78. The van der Waals surface area contributed by atoms with E-state index in [1.165, 1.54) is 19.3 Å². The maximum absolute atomic E-state index is 6.09. The van der Waals surface area contributed by atoms with Crippen molar-refractivity contribution in [2.24, 2.45) is 11.8 Å². The zero-order valence-electron chi connectivity index (χ0n) is 10.0. The van der Waals surface area contributed by atoms with Gasteiger partial charge < -0.3 is 4.74 Å². The van der Waals surface area contributed by atoms with Crippen LogP contribution < -0.4 is 0 Å². The Hall–Kier alpha value is -0.300. The van der Waals surface area contributed by atoms with E-state index in [0.29, 0.717) is 12.0 Å². The third kappa shape index (κ3) is 3.45.